The predicted octanol–water partition coefficient (Wildman–Crippen LogP) is 2.89. The fraction of sp³-hybridized carbons (Fsp3) is 0. The van der Waals surface area contributed by atoms with Gasteiger partial charge in [-0.05, 0) is 22.9 Å². The molecule has 4 rings (SSSR count). The molecule has 21 heavy (non-hydrogen) atoms. The summed E-state index contributed by atoms with van der Waals surface area (Å²) in [5, 5.41) is 21.0. The van der Waals surface area contributed by atoms with Crippen LogP contribution in [0.3, 0.4) is 0 Å². The fourth-order valence-electron chi connectivity index (χ4n) is 2.68. The normalized spacial score (nSPS) is 13.3. The number of hydrogen-bond acceptors (Lipinski definition) is 5. The highest BCUT2D eigenvalue weighted by Gasteiger charge is 2.37. The van der Waals surface area contributed by atoms with Crippen molar-refractivity contribution in [2.24, 2.45) is 0 Å². The van der Waals surface area contributed by atoms with E-state index < -0.39 is 23.3 Å². The summed E-state index contributed by atoms with van der Waals surface area (Å²) in [4.78, 5) is 24.2. The lowest BCUT2D eigenvalue weighted by molar-refractivity contribution is 0.0796. The van der Waals surface area contributed by atoms with Crippen molar-refractivity contribution in [2.45, 2.75) is 0 Å². The second-order valence-electron chi connectivity index (χ2n) is 4.86. The zero-order valence-electron chi connectivity index (χ0n) is 10.6. The van der Waals surface area contributed by atoms with E-state index in [9.17, 15) is 19.8 Å². The summed E-state index contributed by atoms with van der Waals surface area (Å²) >= 11 is 0. The lowest BCUT2D eigenvalue weighted by Crippen LogP contribution is -2.20. The van der Waals surface area contributed by atoms with Gasteiger partial charge in [-0.25, -0.2) is 0 Å². The molecule has 1 aliphatic rings. The maximum absolute atomic E-state index is 12.2. The van der Waals surface area contributed by atoms with Gasteiger partial charge >= 0.3 is 5.95 Å². The zero-order valence-corrected chi connectivity index (χ0v) is 10.6. The number of rotatable bonds is 0. The lowest BCUT2D eigenvalue weighted by atomic mass is 9.86. The van der Waals surface area contributed by atoms with E-state index in [-0.39, 0.29) is 16.9 Å². The highest BCUT2D eigenvalue weighted by molar-refractivity contribution is 6.52. The van der Waals surface area contributed by atoms with E-state index in [1.165, 1.54) is 0 Å². The summed E-state index contributed by atoms with van der Waals surface area (Å²) in [5.74, 6) is -3.19. The Bertz CT molecular complexity index is 949. The topological polar surface area (TPSA) is 87.7 Å². The Balaban J connectivity index is 2.17. The second-order valence-corrected chi connectivity index (χ2v) is 4.86. The van der Waals surface area contributed by atoms with Crippen LogP contribution >= 0.6 is 0 Å². The molecule has 0 spiro atoms. The third-order valence-electron chi connectivity index (χ3n) is 3.68. The van der Waals surface area contributed by atoms with Crippen molar-refractivity contribution in [3.8, 4) is 22.8 Å². The number of furan rings is 1. The van der Waals surface area contributed by atoms with E-state index in [2.05, 4.69) is 0 Å². The van der Waals surface area contributed by atoms with Gasteiger partial charge in [0.25, 0.3) is 5.78 Å². The third-order valence-corrected chi connectivity index (χ3v) is 3.68. The van der Waals surface area contributed by atoms with Crippen molar-refractivity contribution < 1.29 is 24.2 Å². The molecule has 2 aromatic carbocycles. The van der Waals surface area contributed by atoms with Crippen LogP contribution in [0.5, 0.6) is 11.7 Å². The molecule has 0 atom stereocenters. The average molecular weight is 280 g/mol. The van der Waals surface area contributed by atoms with Crippen LogP contribution < -0.4 is 0 Å². The number of ketones is 2. The van der Waals surface area contributed by atoms with Crippen molar-refractivity contribution in [3.05, 3.63) is 47.7 Å². The number of aromatic hydroxyl groups is 2. The van der Waals surface area contributed by atoms with E-state index >= 15 is 0 Å². The summed E-state index contributed by atoms with van der Waals surface area (Å²) in [5.41, 5.74) is 0.648. The molecular formula is C16H8O5. The van der Waals surface area contributed by atoms with Crippen LogP contribution in [0.15, 0.2) is 40.8 Å². The van der Waals surface area contributed by atoms with E-state index in [4.69, 9.17) is 4.42 Å². The number of fused-ring (bicyclic) bond motifs is 4. The molecule has 0 radical (unpaired) electrons. The second kappa shape index (κ2) is 3.73. The van der Waals surface area contributed by atoms with Crippen LogP contribution in [0.2, 0.25) is 0 Å². The molecule has 102 valence electrons. The molecule has 0 amide bonds. The van der Waals surface area contributed by atoms with Crippen LogP contribution in [0.25, 0.3) is 21.9 Å². The third kappa shape index (κ3) is 1.40. The van der Waals surface area contributed by atoms with Gasteiger partial charge in [0.15, 0.2) is 5.76 Å². The van der Waals surface area contributed by atoms with Gasteiger partial charge in [-0.1, -0.05) is 24.3 Å². The van der Waals surface area contributed by atoms with Crippen molar-refractivity contribution in [2.75, 3.05) is 0 Å². The van der Waals surface area contributed by atoms with Crippen LogP contribution in [-0.4, -0.2) is 21.8 Å². The van der Waals surface area contributed by atoms with Gasteiger partial charge in [0.1, 0.15) is 0 Å². The van der Waals surface area contributed by atoms with Crippen molar-refractivity contribution in [1.82, 2.24) is 0 Å². The maximum atomic E-state index is 12.2. The van der Waals surface area contributed by atoms with Gasteiger partial charge in [-0.3, -0.25) is 9.59 Å². The molecular weight excluding hydrogens is 272 g/mol. The Kier molecular flexibility index (Phi) is 2.08. The molecule has 3 aromatic rings. The first-order chi connectivity index (χ1) is 10.1. The molecule has 1 aromatic heterocycles. The standard InChI is InChI=1S/C16H8O5/c17-12-10-6-8-4-2-1-3-7(8)5-9(10)11-13(18)16(20)21-15(11)14(12)19/h1-6,18,20H. The number of benzene rings is 2. The first-order valence-electron chi connectivity index (χ1n) is 6.25. The molecule has 0 unspecified atom stereocenters. The molecule has 2 N–H and O–H groups in total. The molecule has 1 aliphatic carbocycles. The lowest BCUT2D eigenvalue weighted by Gasteiger charge is -2.14. The minimum absolute atomic E-state index is 0.0675. The Morgan fingerprint density at radius 3 is 2.14 bits per heavy atom. The van der Waals surface area contributed by atoms with Crippen molar-refractivity contribution in [3.63, 3.8) is 0 Å². The van der Waals surface area contributed by atoms with Crippen molar-refractivity contribution >= 4 is 22.3 Å². The van der Waals surface area contributed by atoms with Crippen LogP contribution in [-0.2, 0) is 0 Å². The highest BCUT2D eigenvalue weighted by atomic mass is 16.5. The SMILES string of the molecule is O=C1C(=O)c2oc(O)c(O)c2-c2cc3ccccc3cc21. The summed E-state index contributed by atoms with van der Waals surface area (Å²) in [7, 11) is 0. The van der Waals surface area contributed by atoms with E-state index in [1.807, 2.05) is 24.3 Å². The minimum atomic E-state index is -0.872. The zero-order chi connectivity index (χ0) is 14.7. The summed E-state index contributed by atoms with van der Waals surface area (Å²) in [6, 6.07) is 10.7. The van der Waals surface area contributed by atoms with Crippen molar-refractivity contribution in [1.29, 1.82) is 0 Å². The van der Waals surface area contributed by atoms with Gasteiger partial charge in [0.05, 0.1) is 5.56 Å². The van der Waals surface area contributed by atoms with E-state index in [0.717, 1.165) is 10.8 Å². The first-order valence-corrected chi connectivity index (χ1v) is 6.25. The van der Waals surface area contributed by atoms with Gasteiger partial charge in [-0.15, -0.1) is 0 Å². The van der Waals surface area contributed by atoms with E-state index in [1.54, 1.807) is 12.1 Å². The average Bonchev–Trinajstić information content (AvgIpc) is 2.79. The van der Waals surface area contributed by atoms with Gasteiger partial charge < -0.3 is 14.6 Å². The molecule has 5 nitrogen and oxygen atoms in total. The highest BCUT2D eigenvalue weighted by Crippen LogP contribution is 2.47. The van der Waals surface area contributed by atoms with Gasteiger partial charge in [0.2, 0.25) is 11.5 Å². The predicted molar refractivity (Wildman–Crippen MR) is 73.6 cm³/mol. The summed E-state index contributed by atoms with van der Waals surface area (Å²) in [6.45, 7) is 0. The first kappa shape index (κ1) is 11.7. The molecule has 1 heterocycles. The van der Waals surface area contributed by atoms with Gasteiger partial charge in [0, 0.05) is 11.1 Å². The van der Waals surface area contributed by atoms with Gasteiger partial charge in [-0.2, -0.15) is 0 Å². The van der Waals surface area contributed by atoms with Crippen LogP contribution in [0.1, 0.15) is 20.9 Å². The molecule has 0 saturated heterocycles. The molecule has 0 bridgehead atoms. The number of carbonyl (C=O) groups excluding carboxylic acids is 2. The largest absolute Gasteiger partial charge is 0.501 e. The summed E-state index contributed by atoms with van der Waals surface area (Å²) in [6.07, 6.45) is 0. The maximum Gasteiger partial charge on any atom is 0.327 e. The Hall–Kier alpha value is -3.08. The Labute approximate surface area is 118 Å². The molecule has 0 aliphatic heterocycles. The Morgan fingerprint density at radius 2 is 1.48 bits per heavy atom. The number of hydrogen-bond donors (Lipinski definition) is 2. The van der Waals surface area contributed by atoms with Crippen LogP contribution in [0, 0.1) is 0 Å². The number of carbonyl (C=O) groups is 2. The van der Waals surface area contributed by atoms with Crippen LogP contribution in [0.4, 0.5) is 0 Å². The fourth-order valence-corrected chi connectivity index (χ4v) is 2.68. The number of Topliss-reactive ketones (excluding diaryl/α,β-unsaturated/α-hetero) is 2. The smallest absolute Gasteiger partial charge is 0.327 e. The minimum Gasteiger partial charge on any atom is -0.501 e. The Morgan fingerprint density at radius 1 is 0.857 bits per heavy atom. The molecule has 5 heteroatoms. The molecule has 0 saturated carbocycles. The van der Waals surface area contributed by atoms with E-state index in [0.29, 0.717) is 5.56 Å². The quantitative estimate of drug-likeness (QED) is 0.618. The molecule has 0 fully saturated rings. The monoisotopic (exact) mass is 280 g/mol. The summed E-state index contributed by atoms with van der Waals surface area (Å²) < 4.78 is 4.82.